The van der Waals surface area contributed by atoms with Crippen LogP contribution in [0.5, 0.6) is 11.5 Å². The monoisotopic (exact) mass is 357 g/mol. The molecule has 8 nitrogen and oxygen atoms in total. The summed E-state index contributed by atoms with van der Waals surface area (Å²) in [5.74, 6) is 1.93. The van der Waals surface area contributed by atoms with Crippen molar-refractivity contribution in [3.05, 3.63) is 39.8 Å². The molecule has 3 aromatic rings. The Morgan fingerprint density at radius 3 is 2.58 bits per heavy atom. The minimum atomic E-state index is -0.160. The summed E-state index contributed by atoms with van der Waals surface area (Å²) in [5.41, 5.74) is 2.56. The molecule has 2 aromatic heterocycles. The van der Waals surface area contributed by atoms with Crippen molar-refractivity contribution < 1.29 is 9.47 Å². The van der Waals surface area contributed by atoms with Gasteiger partial charge in [-0.25, -0.2) is 4.98 Å². The zero-order valence-electron chi connectivity index (χ0n) is 15.8. The Morgan fingerprint density at radius 2 is 1.92 bits per heavy atom. The van der Waals surface area contributed by atoms with Crippen LogP contribution in [0.3, 0.4) is 0 Å². The molecule has 1 aromatic carbocycles. The molecule has 1 N–H and O–H groups in total. The van der Waals surface area contributed by atoms with E-state index in [1.165, 1.54) is 4.57 Å². The number of ether oxygens (including phenoxy) is 2. The minimum Gasteiger partial charge on any atom is -0.497 e. The summed E-state index contributed by atoms with van der Waals surface area (Å²) in [6, 6.07) is 5.44. The predicted molar refractivity (Wildman–Crippen MR) is 100 cm³/mol. The lowest BCUT2D eigenvalue weighted by Crippen LogP contribution is -2.24. The Kier molecular flexibility index (Phi) is 4.58. The van der Waals surface area contributed by atoms with Crippen molar-refractivity contribution in [2.75, 3.05) is 19.5 Å². The van der Waals surface area contributed by atoms with Gasteiger partial charge in [-0.3, -0.25) is 14.0 Å². The molecule has 1 atom stereocenters. The lowest BCUT2D eigenvalue weighted by atomic mass is 10.1. The van der Waals surface area contributed by atoms with Crippen molar-refractivity contribution in [2.45, 2.75) is 19.9 Å². The summed E-state index contributed by atoms with van der Waals surface area (Å²) in [6.45, 7) is 3.82. The third-order valence-electron chi connectivity index (χ3n) is 4.48. The van der Waals surface area contributed by atoms with Crippen molar-refractivity contribution in [1.29, 1.82) is 0 Å². The average molecular weight is 357 g/mol. The topological polar surface area (TPSA) is 83.2 Å². The highest BCUT2D eigenvalue weighted by molar-refractivity contribution is 5.77. The van der Waals surface area contributed by atoms with Gasteiger partial charge in [0.1, 0.15) is 17.0 Å². The molecule has 8 heteroatoms. The zero-order chi connectivity index (χ0) is 19.0. The molecular formula is C18H23N5O3. The predicted octanol–water partition coefficient (Wildman–Crippen LogP) is 2.17. The average Bonchev–Trinajstić information content (AvgIpc) is 2.92. The van der Waals surface area contributed by atoms with Crippen molar-refractivity contribution in [3.8, 4) is 11.5 Å². The van der Waals surface area contributed by atoms with Crippen molar-refractivity contribution in [1.82, 2.24) is 19.3 Å². The van der Waals surface area contributed by atoms with Crippen LogP contribution in [0.1, 0.15) is 24.2 Å². The fourth-order valence-electron chi connectivity index (χ4n) is 3.03. The van der Waals surface area contributed by atoms with E-state index in [4.69, 9.17) is 9.47 Å². The number of fused-ring (bicyclic) bond motifs is 1. The number of hydrogen-bond acceptors (Lipinski definition) is 6. The summed E-state index contributed by atoms with van der Waals surface area (Å²) in [6.07, 6.45) is 0. The second-order valence-electron chi connectivity index (χ2n) is 6.18. The van der Waals surface area contributed by atoms with Gasteiger partial charge < -0.3 is 14.8 Å². The number of rotatable bonds is 5. The van der Waals surface area contributed by atoms with Crippen LogP contribution >= 0.6 is 0 Å². The molecule has 0 aliphatic carbocycles. The van der Waals surface area contributed by atoms with E-state index in [0.717, 1.165) is 22.8 Å². The molecule has 0 aliphatic heterocycles. The molecule has 0 bridgehead atoms. The van der Waals surface area contributed by atoms with Gasteiger partial charge in [0.15, 0.2) is 5.52 Å². The Hall–Kier alpha value is -3.03. The minimum absolute atomic E-state index is 0.148. The molecule has 2 heterocycles. The standard InChI is InChI=1S/C18H23N5O3/c1-10(13-9-12(25-5)7-8-14(13)26-6)19-18-20-15-11(2)21-23(4)16(15)17(24)22(18)3/h7-10H,1-6H3,(H,19,20)/t10-/m0/s1. The molecule has 26 heavy (non-hydrogen) atoms. The van der Waals surface area contributed by atoms with Crippen LogP contribution in [0.15, 0.2) is 23.0 Å². The molecular weight excluding hydrogens is 334 g/mol. The number of methoxy groups -OCH3 is 2. The maximum atomic E-state index is 12.7. The first kappa shape index (κ1) is 17.8. The van der Waals surface area contributed by atoms with Gasteiger partial charge in [0.25, 0.3) is 5.56 Å². The van der Waals surface area contributed by atoms with E-state index in [-0.39, 0.29) is 11.6 Å². The van der Waals surface area contributed by atoms with Crippen molar-refractivity contribution in [2.24, 2.45) is 14.1 Å². The van der Waals surface area contributed by atoms with Crippen LogP contribution in [0.25, 0.3) is 11.0 Å². The molecule has 0 saturated heterocycles. The second kappa shape index (κ2) is 6.70. The maximum Gasteiger partial charge on any atom is 0.280 e. The van der Waals surface area contributed by atoms with Gasteiger partial charge in [0, 0.05) is 19.7 Å². The van der Waals surface area contributed by atoms with Crippen LogP contribution in [0.4, 0.5) is 5.95 Å². The molecule has 0 fully saturated rings. The van der Waals surface area contributed by atoms with Gasteiger partial charge in [-0.05, 0) is 32.0 Å². The van der Waals surface area contributed by atoms with Crippen molar-refractivity contribution >= 4 is 17.0 Å². The number of hydrogen-bond donors (Lipinski definition) is 1. The fraction of sp³-hybridized carbons (Fsp3) is 0.389. The van der Waals surface area contributed by atoms with E-state index in [9.17, 15) is 4.79 Å². The van der Waals surface area contributed by atoms with Gasteiger partial charge in [0.05, 0.1) is 26.0 Å². The number of aromatic nitrogens is 4. The van der Waals surface area contributed by atoms with Gasteiger partial charge in [-0.1, -0.05) is 0 Å². The number of benzene rings is 1. The highest BCUT2D eigenvalue weighted by Gasteiger charge is 2.18. The summed E-state index contributed by atoms with van der Waals surface area (Å²) in [4.78, 5) is 17.3. The largest absolute Gasteiger partial charge is 0.497 e. The molecule has 0 aliphatic rings. The Bertz CT molecular complexity index is 1020. The molecule has 0 unspecified atom stereocenters. The number of nitrogens with one attached hydrogen (secondary N) is 1. The van der Waals surface area contributed by atoms with E-state index in [0.29, 0.717) is 17.0 Å². The summed E-state index contributed by atoms with van der Waals surface area (Å²) < 4.78 is 13.8. The number of anilines is 1. The van der Waals surface area contributed by atoms with E-state index in [1.807, 2.05) is 32.0 Å². The number of aryl methyl sites for hydroxylation is 2. The van der Waals surface area contributed by atoms with Gasteiger partial charge in [-0.2, -0.15) is 5.10 Å². The fourth-order valence-corrected chi connectivity index (χ4v) is 3.03. The molecule has 0 radical (unpaired) electrons. The molecule has 0 saturated carbocycles. The van der Waals surface area contributed by atoms with Crippen LogP contribution < -0.4 is 20.3 Å². The Balaban J connectivity index is 2.05. The summed E-state index contributed by atoms with van der Waals surface area (Å²) in [5, 5.41) is 7.60. The molecule has 0 spiro atoms. The quantitative estimate of drug-likeness (QED) is 0.753. The first-order valence-corrected chi connectivity index (χ1v) is 8.26. The lowest BCUT2D eigenvalue weighted by Gasteiger charge is -2.20. The van der Waals surface area contributed by atoms with Crippen molar-refractivity contribution in [3.63, 3.8) is 0 Å². The number of nitrogens with zero attached hydrogens (tertiary/aromatic N) is 4. The molecule has 138 valence electrons. The van der Waals surface area contributed by atoms with Crippen LogP contribution in [0, 0.1) is 6.92 Å². The smallest absolute Gasteiger partial charge is 0.280 e. The summed E-state index contributed by atoms with van der Waals surface area (Å²) in [7, 11) is 6.68. The second-order valence-corrected chi connectivity index (χ2v) is 6.18. The first-order chi connectivity index (χ1) is 12.4. The highest BCUT2D eigenvalue weighted by Crippen LogP contribution is 2.31. The van der Waals surface area contributed by atoms with Crippen LogP contribution in [-0.2, 0) is 14.1 Å². The Morgan fingerprint density at radius 1 is 1.19 bits per heavy atom. The van der Waals surface area contributed by atoms with E-state index >= 15 is 0 Å². The first-order valence-electron chi connectivity index (χ1n) is 8.26. The van der Waals surface area contributed by atoms with Gasteiger partial charge >= 0.3 is 0 Å². The SMILES string of the molecule is COc1ccc(OC)c([C@H](C)Nc2nc3c(C)nn(C)c3c(=O)n2C)c1. The zero-order valence-corrected chi connectivity index (χ0v) is 15.8. The van der Waals surface area contributed by atoms with Crippen LogP contribution in [-0.4, -0.2) is 33.6 Å². The lowest BCUT2D eigenvalue weighted by molar-refractivity contribution is 0.397. The molecule has 3 rings (SSSR count). The van der Waals surface area contributed by atoms with E-state index in [2.05, 4.69) is 15.4 Å². The van der Waals surface area contributed by atoms with Crippen LogP contribution in [0.2, 0.25) is 0 Å². The summed E-state index contributed by atoms with van der Waals surface area (Å²) >= 11 is 0. The maximum absolute atomic E-state index is 12.7. The van der Waals surface area contributed by atoms with Gasteiger partial charge in [0.2, 0.25) is 5.95 Å². The van der Waals surface area contributed by atoms with E-state index in [1.54, 1.807) is 33.0 Å². The van der Waals surface area contributed by atoms with Gasteiger partial charge in [-0.15, -0.1) is 0 Å². The molecule has 0 amide bonds. The highest BCUT2D eigenvalue weighted by atomic mass is 16.5. The normalized spacial score (nSPS) is 12.2. The Labute approximate surface area is 151 Å². The third-order valence-corrected chi connectivity index (χ3v) is 4.48. The van der Waals surface area contributed by atoms with E-state index < -0.39 is 0 Å². The third kappa shape index (κ3) is 2.87.